The van der Waals surface area contributed by atoms with Crippen LogP contribution < -0.4 is 0 Å². The minimum Gasteiger partial charge on any atom is -0.320 e. The van der Waals surface area contributed by atoms with Gasteiger partial charge in [0.05, 0.1) is 0 Å². The molecule has 0 saturated heterocycles. The lowest BCUT2D eigenvalue weighted by molar-refractivity contribution is -0.125. The third kappa shape index (κ3) is 4.30. The quantitative estimate of drug-likeness (QED) is 0.583. The van der Waals surface area contributed by atoms with Gasteiger partial charge in [-0.15, -0.1) is 0 Å². The maximum atomic E-state index is 10.4. The monoisotopic (exact) mass is 167 g/mol. The summed E-state index contributed by atoms with van der Waals surface area (Å²) in [7, 11) is 1.58. The summed E-state index contributed by atoms with van der Waals surface area (Å²) in [5, 5.41) is 0. The van der Waals surface area contributed by atoms with E-state index in [2.05, 4.69) is 0 Å². The Balaban J connectivity index is 3.91. The van der Waals surface area contributed by atoms with Gasteiger partial charge in [0, 0.05) is 20.2 Å². The fraction of sp³-hybridized carbons (Fsp3) is 0.400. The first-order chi connectivity index (χ1) is 4.04. The zero-order valence-electron chi connectivity index (χ0n) is 5.19. The molecule has 0 radical (unpaired) electrons. The first-order valence-electron chi connectivity index (χ1n) is 2.30. The van der Waals surface area contributed by atoms with Gasteiger partial charge in [0.15, 0.2) is 0 Å². The van der Waals surface area contributed by atoms with Crippen LogP contribution in [0.25, 0.3) is 0 Å². The van der Waals surface area contributed by atoms with Crippen molar-refractivity contribution in [2.24, 2.45) is 0 Å². The molecule has 0 rings (SSSR count). The van der Waals surface area contributed by atoms with Gasteiger partial charge in [0.25, 0.3) is 0 Å². The smallest absolute Gasteiger partial charge is 0.223 e. The van der Waals surface area contributed by atoms with Crippen LogP contribution >= 0.6 is 23.2 Å². The minimum absolute atomic E-state index is 0.0766. The van der Waals surface area contributed by atoms with Crippen molar-refractivity contribution in [3.63, 3.8) is 0 Å². The Morgan fingerprint density at radius 1 is 1.56 bits per heavy atom. The van der Waals surface area contributed by atoms with Crippen molar-refractivity contribution >= 4 is 29.1 Å². The molecule has 0 aromatic rings. The zero-order valence-corrected chi connectivity index (χ0v) is 6.70. The fourth-order valence-electron chi connectivity index (χ4n) is 0.237. The largest absolute Gasteiger partial charge is 0.320 e. The van der Waals surface area contributed by atoms with Crippen LogP contribution in [0.2, 0.25) is 0 Å². The van der Waals surface area contributed by atoms with Crippen LogP contribution in [0.4, 0.5) is 0 Å². The Labute approximate surface area is 64.0 Å². The Morgan fingerprint density at radius 3 is 2.11 bits per heavy atom. The van der Waals surface area contributed by atoms with Crippen LogP contribution in [0.15, 0.2) is 10.7 Å². The van der Waals surface area contributed by atoms with Crippen molar-refractivity contribution in [3.05, 3.63) is 10.7 Å². The number of carbonyl (C=O) groups is 1. The van der Waals surface area contributed by atoms with E-state index < -0.39 is 0 Å². The normalized spacial score (nSPS) is 8.44. The molecule has 0 fully saturated rings. The molecule has 0 aromatic carbocycles. The van der Waals surface area contributed by atoms with E-state index in [-0.39, 0.29) is 10.4 Å². The summed E-state index contributed by atoms with van der Waals surface area (Å²) in [6, 6.07) is 0. The van der Waals surface area contributed by atoms with E-state index in [1.54, 1.807) is 7.05 Å². The summed E-state index contributed by atoms with van der Waals surface area (Å²) in [4.78, 5) is 11.7. The molecule has 0 atom stereocenters. The SMILES string of the molecule is CC(=O)N(C)C=C(Cl)Cl. The molecule has 0 aliphatic heterocycles. The van der Waals surface area contributed by atoms with Crippen molar-refractivity contribution in [1.29, 1.82) is 0 Å². The summed E-state index contributed by atoms with van der Waals surface area (Å²) >= 11 is 10.5. The second kappa shape index (κ2) is 3.75. The number of halogens is 2. The van der Waals surface area contributed by atoms with Gasteiger partial charge in [0.2, 0.25) is 5.91 Å². The molecule has 2 nitrogen and oxygen atoms in total. The topological polar surface area (TPSA) is 20.3 Å². The molecule has 4 heteroatoms. The summed E-state index contributed by atoms with van der Waals surface area (Å²) in [5.74, 6) is -0.103. The third-order valence-corrected chi connectivity index (χ3v) is 0.983. The van der Waals surface area contributed by atoms with Crippen LogP contribution in [0.5, 0.6) is 0 Å². The number of hydrogen-bond donors (Lipinski definition) is 0. The van der Waals surface area contributed by atoms with E-state index >= 15 is 0 Å². The second-order valence-corrected chi connectivity index (χ2v) is 2.56. The van der Waals surface area contributed by atoms with E-state index in [0.717, 1.165) is 0 Å². The predicted molar refractivity (Wildman–Crippen MR) is 38.2 cm³/mol. The number of rotatable bonds is 1. The average molecular weight is 168 g/mol. The summed E-state index contributed by atoms with van der Waals surface area (Å²) < 4.78 is 0.0766. The number of nitrogens with zero attached hydrogens (tertiary/aromatic N) is 1. The minimum atomic E-state index is -0.103. The molecule has 9 heavy (non-hydrogen) atoms. The van der Waals surface area contributed by atoms with Crippen molar-refractivity contribution in [2.45, 2.75) is 6.92 Å². The highest BCUT2D eigenvalue weighted by molar-refractivity contribution is 6.55. The average Bonchev–Trinajstić information content (AvgIpc) is 1.63. The molecular formula is C5H7Cl2NO. The van der Waals surface area contributed by atoms with Crippen molar-refractivity contribution in [3.8, 4) is 0 Å². The Kier molecular flexibility index (Phi) is 3.66. The number of carbonyl (C=O) groups excluding carboxylic acids is 1. The molecule has 0 spiro atoms. The summed E-state index contributed by atoms with van der Waals surface area (Å²) in [5.41, 5.74) is 0. The van der Waals surface area contributed by atoms with E-state index in [1.165, 1.54) is 18.0 Å². The molecule has 0 heterocycles. The predicted octanol–water partition coefficient (Wildman–Crippen LogP) is 1.74. The van der Waals surface area contributed by atoms with Crippen LogP contribution in [0.1, 0.15) is 6.92 Å². The van der Waals surface area contributed by atoms with Gasteiger partial charge >= 0.3 is 0 Å². The Morgan fingerprint density at radius 2 is 2.00 bits per heavy atom. The van der Waals surface area contributed by atoms with Crippen molar-refractivity contribution < 1.29 is 4.79 Å². The molecule has 0 aliphatic rings. The van der Waals surface area contributed by atoms with Crippen LogP contribution in [-0.4, -0.2) is 17.9 Å². The molecule has 0 saturated carbocycles. The van der Waals surface area contributed by atoms with Gasteiger partial charge in [-0.05, 0) is 0 Å². The molecule has 1 amide bonds. The molecular weight excluding hydrogens is 161 g/mol. The molecule has 52 valence electrons. The lowest BCUT2D eigenvalue weighted by atomic mass is 10.6. The summed E-state index contributed by atoms with van der Waals surface area (Å²) in [6.45, 7) is 1.42. The lowest BCUT2D eigenvalue weighted by Gasteiger charge is -2.06. The van der Waals surface area contributed by atoms with Crippen LogP contribution in [-0.2, 0) is 4.79 Å². The van der Waals surface area contributed by atoms with Crippen molar-refractivity contribution in [2.75, 3.05) is 7.05 Å². The molecule has 0 bridgehead atoms. The third-order valence-electron chi connectivity index (χ3n) is 0.788. The fourth-order valence-corrected chi connectivity index (χ4v) is 0.530. The lowest BCUT2D eigenvalue weighted by Crippen LogP contribution is -2.16. The first kappa shape index (κ1) is 8.79. The van der Waals surface area contributed by atoms with E-state index in [0.29, 0.717) is 0 Å². The van der Waals surface area contributed by atoms with Crippen molar-refractivity contribution in [1.82, 2.24) is 4.90 Å². The number of hydrogen-bond acceptors (Lipinski definition) is 1. The maximum Gasteiger partial charge on any atom is 0.223 e. The summed E-state index contributed by atoms with van der Waals surface area (Å²) in [6.07, 6.45) is 1.34. The Hall–Kier alpha value is -0.210. The highest BCUT2D eigenvalue weighted by Crippen LogP contribution is 2.06. The van der Waals surface area contributed by atoms with Gasteiger partial charge in [-0.1, -0.05) is 23.2 Å². The van der Waals surface area contributed by atoms with E-state index in [1.807, 2.05) is 0 Å². The highest BCUT2D eigenvalue weighted by Gasteiger charge is 1.96. The zero-order chi connectivity index (χ0) is 7.44. The highest BCUT2D eigenvalue weighted by atomic mass is 35.5. The number of amides is 1. The molecule has 0 aromatic heterocycles. The Bertz CT molecular complexity index is 140. The van der Waals surface area contributed by atoms with Gasteiger partial charge in [-0.3, -0.25) is 4.79 Å². The van der Waals surface area contributed by atoms with E-state index in [9.17, 15) is 4.79 Å². The first-order valence-corrected chi connectivity index (χ1v) is 3.06. The van der Waals surface area contributed by atoms with Crippen LogP contribution in [0, 0.1) is 0 Å². The van der Waals surface area contributed by atoms with E-state index in [4.69, 9.17) is 23.2 Å². The maximum absolute atomic E-state index is 10.4. The van der Waals surface area contributed by atoms with Crippen LogP contribution in [0.3, 0.4) is 0 Å². The van der Waals surface area contributed by atoms with Gasteiger partial charge in [-0.2, -0.15) is 0 Å². The van der Waals surface area contributed by atoms with Gasteiger partial charge < -0.3 is 4.90 Å². The van der Waals surface area contributed by atoms with Gasteiger partial charge in [-0.25, -0.2) is 0 Å². The second-order valence-electron chi connectivity index (χ2n) is 1.55. The molecule has 0 unspecified atom stereocenters. The molecule has 0 N–H and O–H groups in total. The standard InChI is InChI=1S/C5H7Cl2NO/c1-4(9)8(2)3-5(6)7/h3H,1-2H3. The molecule has 0 aliphatic carbocycles. The van der Waals surface area contributed by atoms with Gasteiger partial charge in [0.1, 0.15) is 4.49 Å².